The molecule has 102 valence electrons. The fourth-order valence-electron chi connectivity index (χ4n) is 2.15. The fourth-order valence-corrected chi connectivity index (χ4v) is 2.31. The Morgan fingerprint density at radius 2 is 2.00 bits per heavy atom. The van der Waals surface area contributed by atoms with Crippen LogP contribution in [0.3, 0.4) is 0 Å². The third kappa shape index (κ3) is 2.56. The second kappa shape index (κ2) is 5.06. The SMILES string of the molecule is Nc1ccc(Cl)cc1Oc1ccc2c(c1)CCC(=O)N2. The number of aryl methyl sites for hydroxylation is 1. The van der Waals surface area contributed by atoms with E-state index in [0.717, 1.165) is 11.3 Å². The normalized spacial score (nSPS) is 13.6. The molecule has 1 amide bonds. The molecule has 0 aliphatic carbocycles. The van der Waals surface area contributed by atoms with E-state index in [1.54, 1.807) is 24.3 Å². The number of nitrogens with one attached hydrogen (secondary N) is 1. The Morgan fingerprint density at radius 3 is 2.85 bits per heavy atom. The van der Waals surface area contributed by atoms with Crippen molar-refractivity contribution >= 4 is 28.9 Å². The summed E-state index contributed by atoms with van der Waals surface area (Å²) in [5.41, 5.74) is 8.28. The molecule has 0 saturated carbocycles. The molecule has 1 heterocycles. The van der Waals surface area contributed by atoms with E-state index in [-0.39, 0.29) is 5.91 Å². The number of hydrogen-bond acceptors (Lipinski definition) is 3. The Balaban J connectivity index is 1.88. The molecule has 0 unspecified atom stereocenters. The van der Waals surface area contributed by atoms with Crippen LogP contribution >= 0.6 is 11.6 Å². The van der Waals surface area contributed by atoms with Crippen molar-refractivity contribution in [3.63, 3.8) is 0 Å². The van der Waals surface area contributed by atoms with Crippen LogP contribution in [-0.2, 0) is 11.2 Å². The molecule has 0 radical (unpaired) electrons. The van der Waals surface area contributed by atoms with Crippen molar-refractivity contribution in [2.24, 2.45) is 0 Å². The number of hydrogen-bond donors (Lipinski definition) is 2. The summed E-state index contributed by atoms with van der Waals surface area (Å²) in [4.78, 5) is 11.3. The van der Waals surface area contributed by atoms with Gasteiger partial charge in [-0.15, -0.1) is 0 Å². The molecule has 0 fully saturated rings. The first-order valence-electron chi connectivity index (χ1n) is 6.27. The maximum Gasteiger partial charge on any atom is 0.224 e. The van der Waals surface area contributed by atoms with Crippen LogP contribution in [-0.4, -0.2) is 5.91 Å². The van der Waals surface area contributed by atoms with Crippen molar-refractivity contribution in [2.75, 3.05) is 11.1 Å². The molecule has 1 aliphatic rings. The van der Waals surface area contributed by atoms with Crippen molar-refractivity contribution in [1.29, 1.82) is 0 Å². The van der Waals surface area contributed by atoms with E-state index in [9.17, 15) is 4.79 Å². The number of nitrogen functional groups attached to an aromatic ring is 1. The van der Waals surface area contributed by atoms with Gasteiger partial charge in [0.15, 0.2) is 5.75 Å². The Bertz CT molecular complexity index is 686. The molecule has 5 heteroatoms. The number of rotatable bonds is 2. The van der Waals surface area contributed by atoms with E-state index in [1.165, 1.54) is 0 Å². The van der Waals surface area contributed by atoms with Crippen LogP contribution in [0, 0.1) is 0 Å². The van der Waals surface area contributed by atoms with Crippen LogP contribution in [0.15, 0.2) is 36.4 Å². The van der Waals surface area contributed by atoms with E-state index in [2.05, 4.69) is 5.32 Å². The topological polar surface area (TPSA) is 64.3 Å². The lowest BCUT2D eigenvalue weighted by Gasteiger charge is -2.18. The number of benzene rings is 2. The minimum absolute atomic E-state index is 0.0465. The quantitative estimate of drug-likeness (QED) is 0.830. The number of fused-ring (bicyclic) bond motifs is 1. The van der Waals surface area contributed by atoms with Crippen LogP contribution in [0.2, 0.25) is 5.02 Å². The average Bonchev–Trinajstić information content (AvgIpc) is 2.43. The minimum Gasteiger partial charge on any atom is -0.455 e. The summed E-state index contributed by atoms with van der Waals surface area (Å²) in [6.45, 7) is 0. The number of carbonyl (C=O) groups is 1. The summed E-state index contributed by atoms with van der Waals surface area (Å²) >= 11 is 5.93. The summed E-state index contributed by atoms with van der Waals surface area (Å²) in [5.74, 6) is 1.25. The number of amides is 1. The average molecular weight is 289 g/mol. The van der Waals surface area contributed by atoms with E-state index in [4.69, 9.17) is 22.1 Å². The largest absolute Gasteiger partial charge is 0.455 e. The van der Waals surface area contributed by atoms with Crippen molar-refractivity contribution in [1.82, 2.24) is 0 Å². The monoisotopic (exact) mass is 288 g/mol. The molecule has 1 aliphatic heterocycles. The second-order valence-corrected chi connectivity index (χ2v) is 5.09. The Labute approximate surface area is 121 Å². The van der Waals surface area contributed by atoms with Gasteiger partial charge in [-0.25, -0.2) is 0 Å². The smallest absolute Gasteiger partial charge is 0.224 e. The zero-order valence-corrected chi connectivity index (χ0v) is 11.4. The van der Waals surface area contributed by atoms with Gasteiger partial charge < -0.3 is 15.8 Å². The second-order valence-electron chi connectivity index (χ2n) is 4.65. The molecule has 4 nitrogen and oxygen atoms in total. The van der Waals surface area contributed by atoms with E-state index < -0.39 is 0 Å². The zero-order chi connectivity index (χ0) is 14.1. The first kappa shape index (κ1) is 12.8. The third-order valence-corrected chi connectivity index (χ3v) is 3.41. The zero-order valence-electron chi connectivity index (χ0n) is 10.7. The molecular formula is C15H13ClN2O2. The first-order valence-corrected chi connectivity index (χ1v) is 6.65. The van der Waals surface area contributed by atoms with Gasteiger partial charge in [0.05, 0.1) is 5.69 Å². The molecule has 3 rings (SSSR count). The predicted octanol–water partition coefficient (Wildman–Crippen LogP) is 3.60. The lowest BCUT2D eigenvalue weighted by molar-refractivity contribution is -0.116. The number of nitrogens with two attached hydrogens (primary N) is 1. The van der Waals surface area contributed by atoms with Gasteiger partial charge in [-0.1, -0.05) is 11.6 Å². The summed E-state index contributed by atoms with van der Waals surface area (Å²) in [5, 5.41) is 3.40. The molecule has 2 aromatic carbocycles. The van der Waals surface area contributed by atoms with Gasteiger partial charge in [-0.2, -0.15) is 0 Å². The number of halogens is 1. The van der Waals surface area contributed by atoms with Crippen molar-refractivity contribution in [3.05, 3.63) is 47.0 Å². The lowest BCUT2D eigenvalue weighted by atomic mass is 10.0. The summed E-state index contributed by atoms with van der Waals surface area (Å²) < 4.78 is 5.76. The molecule has 0 atom stereocenters. The Kier molecular flexibility index (Phi) is 3.24. The van der Waals surface area contributed by atoms with Crippen LogP contribution in [0.1, 0.15) is 12.0 Å². The molecule has 2 aromatic rings. The highest BCUT2D eigenvalue weighted by Gasteiger charge is 2.15. The van der Waals surface area contributed by atoms with Gasteiger partial charge in [-0.3, -0.25) is 4.79 Å². The molecule has 0 bridgehead atoms. The molecular weight excluding hydrogens is 276 g/mol. The summed E-state index contributed by atoms with van der Waals surface area (Å²) in [6, 6.07) is 10.6. The highest BCUT2D eigenvalue weighted by atomic mass is 35.5. The lowest BCUT2D eigenvalue weighted by Crippen LogP contribution is -2.18. The molecule has 0 saturated heterocycles. The standard InChI is InChI=1S/C15H13ClN2O2/c16-10-2-4-12(17)14(8-10)20-11-3-5-13-9(7-11)1-6-15(19)18-13/h2-5,7-8H,1,6,17H2,(H,18,19). The van der Waals surface area contributed by atoms with Crippen LogP contribution < -0.4 is 15.8 Å². The summed E-state index contributed by atoms with van der Waals surface area (Å²) in [7, 11) is 0. The maximum absolute atomic E-state index is 11.3. The minimum atomic E-state index is 0.0465. The first-order chi connectivity index (χ1) is 9.61. The van der Waals surface area contributed by atoms with Gasteiger partial charge in [0.2, 0.25) is 5.91 Å². The van der Waals surface area contributed by atoms with E-state index in [0.29, 0.717) is 35.1 Å². The molecule has 0 aromatic heterocycles. The van der Waals surface area contributed by atoms with Crippen LogP contribution in [0.25, 0.3) is 0 Å². The van der Waals surface area contributed by atoms with Crippen molar-refractivity contribution < 1.29 is 9.53 Å². The highest BCUT2D eigenvalue weighted by Crippen LogP contribution is 2.33. The molecule has 20 heavy (non-hydrogen) atoms. The maximum atomic E-state index is 11.3. The van der Waals surface area contributed by atoms with Gasteiger partial charge >= 0.3 is 0 Å². The summed E-state index contributed by atoms with van der Waals surface area (Å²) in [6.07, 6.45) is 1.21. The highest BCUT2D eigenvalue weighted by molar-refractivity contribution is 6.30. The van der Waals surface area contributed by atoms with Gasteiger partial charge in [0.1, 0.15) is 5.75 Å². The number of anilines is 2. The number of ether oxygens (including phenoxy) is 1. The van der Waals surface area contributed by atoms with Gasteiger partial charge in [0, 0.05) is 23.2 Å². The van der Waals surface area contributed by atoms with Crippen molar-refractivity contribution in [2.45, 2.75) is 12.8 Å². The molecule has 0 spiro atoms. The van der Waals surface area contributed by atoms with E-state index in [1.807, 2.05) is 12.1 Å². The number of carbonyl (C=O) groups excluding carboxylic acids is 1. The fraction of sp³-hybridized carbons (Fsp3) is 0.133. The van der Waals surface area contributed by atoms with Crippen LogP contribution in [0.5, 0.6) is 11.5 Å². The van der Waals surface area contributed by atoms with E-state index >= 15 is 0 Å². The predicted molar refractivity (Wildman–Crippen MR) is 79.3 cm³/mol. The Morgan fingerprint density at radius 1 is 1.15 bits per heavy atom. The third-order valence-electron chi connectivity index (χ3n) is 3.18. The Hall–Kier alpha value is -2.20. The van der Waals surface area contributed by atoms with Gasteiger partial charge in [0.25, 0.3) is 0 Å². The van der Waals surface area contributed by atoms with Crippen molar-refractivity contribution in [3.8, 4) is 11.5 Å². The molecule has 3 N–H and O–H groups in total. The van der Waals surface area contributed by atoms with Gasteiger partial charge in [-0.05, 0) is 42.3 Å². The van der Waals surface area contributed by atoms with Crippen LogP contribution in [0.4, 0.5) is 11.4 Å².